The minimum absolute atomic E-state index is 0.00204. The Kier molecular flexibility index (Phi) is 1.30. The highest BCUT2D eigenvalue weighted by molar-refractivity contribution is 5.62. The molecule has 0 saturated carbocycles. The molecule has 12 heavy (non-hydrogen) atoms. The lowest BCUT2D eigenvalue weighted by molar-refractivity contribution is 0.169. The molecule has 0 fully saturated rings. The van der Waals surface area contributed by atoms with Gasteiger partial charge in [-0.15, -0.1) is 0 Å². The summed E-state index contributed by atoms with van der Waals surface area (Å²) in [6.45, 7) is 1.72. The van der Waals surface area contributed by atoms with E-state index in [0.717, 1.165) is 0 Å². The monoisotopic (exact) mass is 168 g/mol. The molecule has 1 heterocycles. The van der Waals surface area contributed by atoms with E-state index < -0.39 is 0 Å². The van der Waals surface area contributed by atoms with Crippen molar-refractivity contribution in [1.29, 1.82) is 0 Å². The van der Waals surface area contributed by atoms with E-state index in [1.54, 1.807) is 6.92 Å². The van der Waals surface area contributed by atoms with Crippen LogP contribution in [0.5, 0.6) is 23.0 Å². The van der Waals surface area contributed by atoms with Crippen molar-refractivity contribution in [1.82, 2.24) is 0 Å². The first-order valence-corrected chi connectivity index (χ1v) is 3.51. The molecule has 2 rings (SSSR count). The van der Waals surface area contributed by atoms with Gasteiger partial charge in [0.05, 0.1) is 0 Å². The Morgan fingerprint density at radius 3 is 2.67 bits per heavy atom. The molecule has 4 nitrogen and oxygen atoms in total. The van der Waals surface area contributed by atoms with E-state index in [1.807, 2.05) is 0 Å². The fraction of sp³-hybridized carbons (Fsp3) is 0.250. The summed E-state index contributed by atoms with van der Waals surface area (Å²) in [6, 6.07) is 1.43. The van der Waals surface area contributed by atoms with E-state index in [1.165, 1.54) is 6.07 Å². The van der Waals surface area contributed by atoms with Gasteiger partial charge < -0.3 is 19.7 Å². The van der Waals surface area contributed by atoms with E-state index >= 15 is 0 Å². The normalized spacial score (nSPS) is 13.4. The van der Waals surface area contributed by atoms with Gasteiger partial charge in [0.25, 0.3) is 0 Å². The van der Waals surface area contributed by atoms with Crippen molar-refractivity contribution in [2.75, 3.05) is 6.79 Å². The molecule has 1 aromatic carbocycles. The Hall–Kier alpha value is -1.58. The first kappa shape index (κ1) is 7.09. The third-order valence-electron chi connectivity index (χ3n) is 1.79. The van der Waals surface area contributed by atoms with Crippen LogP contribution in [0.15, 0.2) is 6.07 Å². The van der Waals surface area contributed by atoms with Crippen LogP contribution in [0, 0.1) is 6.92 Å². The van der Waals surface area contributed by atoms with Crippen molar-refractivity contribution in [3.05, 3.63) is 11.6 Å². The number of hydrogen-bond donors (Lipinski definition) is 2. The second-order valence-electron chi connectivity index (χ2n) is 2.63. The van der Waals surface area contributed by atoms with Gasteiger partial charge in [0, 0.05) is 0 Å². The molecule has 0 spiro atoms. The number of aromatic hydroxyl groups is 2. The molecule has 1 aliphatic rings. The van der Waals surface area contributed by atoms with Gasteiger partial charge in [0.1, 0.15) is 0 Å². The molecule has 64 valence electrons. The number of hydrogen-bond acceptors (Lipinski definition) is 4. The number of aryl methyl sites for hydroxylation is 1. The molecule has 1 aromatic rings. The van der Waals surface area contributed by atoms with Crippen LogP contribution >= 0.6 is 0 Å². The molecule has 0 radical (unpaired) electrons. The standard InChI is InChI=1S/C8H8O4/c1-4-2-5(9)7-8(6(4)10)12-3-11-7/h2,9-10H,3H2,1H3. The minimum atomic E-state index is -0.00204. The quantitative estimate of drug-likeness (QED) is 0.570. The maximum Gasteiger partial charge on any atom is 0.231 e. The van der Waals surface area contributed by atoms with Crippen molar-refractivity contribution in [3.63, 3.8) is 0 Å². The average molecular weight is 168 g/mol. The predicted molar refractivity (Wildman–Crippen MR) is 40.6 cm³/mol. The first-order chi connectivity index (χ1) is 5.70. The molecule has 2 N–H and O–H groups in total. The smallest absolute Gasteiger partial charge is 0.231 e. The molecule has 0 unspecified atom stereocenters. The number of benzene rings is 1. The maximum atomic E-state index is 9.43. The number of fused-ring (bicyclic) bond motifs is 1. The van der Waals surface area contributed by atoms with E-state index in [4.69, 9.17) is 9.47 Å². The zero-order chi connectivity index (χ0) is 8.72. The number of phenols is 2. The van der Waals surface area contributed by atoms with Crippen LogP contribution in [0.1, 0.15) is 5.56 Å². The molecule has 4 heteroatoms. The van der Waals surface area contributed by atoms with Gasteiger partial charge in [-0.05, 0) is 18.6 Å². The highest BCUT2D eigenvalue weighted by Gasteiger charge is 2.23. The molecule has 0 aromatic heterocycles. The third kappa shape index (κ3) is 0.777. The van der Waals surface area contributed by atoms with E-state index in [2.05, 4.69) is 0 Å². The summed E-state index contributed by atoms with van der Waals surface area (Å²) in [4.78, 5) is 0. The Bertz CT molecular complexity index is 332. The van der Waals surface area contributed by atoms with Crippen LogP contribution in [-0.2, 0) is 0 Å². The lowest BCUT2D eigenvalue weighted by Crippen LogP contribution is -1.93. The Morgan fingerprint density at radius 1 is 1.25 bits per heavy atom. The number of ether oxygens (including phenoxy) is 2. The Labute approximate surface area is 69.0 Å². The third-order valence-corrected chi connectivity index (χ3v) is 1.79. The van der Waals surface area contributed by atoms with Crippen molar-refractivity contribution in [2.45, 2.75) is 6.92 Å². The van der Waals surface area contributed by atoms with Gasteiger partial charge in [0.15, 0.2) is 11.5 Å². The van der Waals surface area contributed by atoms with E-state index in [0.29, 0.717) is 5.56 Å². The fourth-order valence-corrected chi connectivity index (χ4v) is 1.16. The van der Waals surface area contributed by atoms with Crippen LogP contribution in [0.3, 0.4) is 0 Å². The van der Waals surface area contributed by atoms with Crippen LogP contribution in [0.25, 0.3) is 0 Å². The van der Waals surface area contributed by atoms with E-state index in [-0.39, 0.29) is 29.8 Å². The van der Waals surface area contributed by atoms with E-state index in [9.17, 15) is 10.2 Å². The molecule has 0 aliphatic carbocycles. The zero-order valence-corrected chi connectivity index (χ0v) is 6.50. The summed E-state index contributed by atoms with van der Waals surface area (Å²) in [5.41, 5.74) is 0.566. The Morgan fingerprint density at radius 2 is 1.92 bits per heavy atom. The van der Waals surface area contributed by atoms with Crippen molar-refractivity contribution in [2.24, 2.45) is 0 Å². The van der Waals surface area contributed by atoms with Gasteiger partial charge >= 0.3 is 0 Å². The number of rotatable bonds is 0. The lowest BCUT2D eigenvalue weighted by atomic mass is 10.2. The van der Waals surface area contributed by atoms with Gasteiger partial charge in [-0.1, -0.05) is 0 Å². The van der Waals surface area contributed by atoms with Gasteiger partial charge in [-0.2, -0.15) is 0 Å². The second kappa shape index (κ2) is 2.20. The molecule has 0 amide bonds. The molecule has 0 bridgehead atoms. The molecular weight excluding hydrogens is 160 g/mol. The average Bonchev–Trinajstić information content (AvgIpc) is 2.48. The highest BCUT2D eigenvalue weighted by Crippen LogP contribution is 2.47. The van der Waals surface area contributed by atoms with Crippen LogP contribution < -0.4 is 9.47 Å². The SMILES string of the molecule is Cc1cc(O)c2c(c1O)OCO2. The minimum Gasteiger partial charge on any atom is -0.504 e. The van der Waals surface area contributed by atoms with Gasteiger partial charge in [-0.25, -0.2) is 0 Å². The Balaban J connectivity index is 2.69. The van der Waals surface area contributed by atoms with Crippen molar-refractivity contribution >= 4 is 0 Å². The molecule has 1 aliphatic heterocycles. The molecular formula is C8H8O4. The highest BCUT2D eigenvalue weighted by atomic mass is 16.7. The summed E-state index contributed by atoms with van der Waals surface area (Å²) in [7, 11) is 0. The van der Waals surface area contributed by atoms with Crippen LogP contribution in [0.2, 0.25) is 0 Å². The van der Waals surface area contributed by atoms with Crippen LogP contribution in [0.4, 0.5) is 0 Å². The van der Waals surface area contributed by atoms with Gasteiger partial charge in [-0.3, -0.25) is 0 Å². The molecule has 0 saturated heterocycles. The molecule has 0 atom stereocenters. The summed E-state index contributed by atoms with van der Waals surface area (Å²) < 4.78 is 9.89. The van der Waals surface area contributed by atoms with Crippen LogP contribution in [-0.4, -0.2) is 17.0 Å². The second-order valence-corrected chi connectivity index (χ2v) is 2.63. The number of phenolic OH excluding ortho intramolecular Hbond substituents is 2. The topological polar surface area (TPSA) is 58.9 Å². The largest absolute Gasteiger partial charge is 0.504 e. The zero-order valence-electron chi connectivity index (χ0n) is 6.50. The summed E-state index contributed by atoms with van der Waals surface area (Å²) in [6.07, 6.45) is 0. The summed E-state index contributed by atoms with van der Waals surface area (Å²) in [5.74, 6) is 0.476. The lowest BCUT2D eigenvalue weighted by Gasteiger charge is -2.03. The maximum absolute atomic E-state index is 9.43. The fourth-order valence-electron chi connectivity index (χ4n) is 1.16. The summed E-state index contributed by atoms with van der Waals surface area (Å²) in [5, 5.41) is 18.7. The predicted octanol–water partition coefficient (Wildman–Crippen LogP) is 1.13. The van der Waals surface area contributed by atoms with Gasteiger partial charge in [0.2, 0.25) is 18.3 Å². The van der Waals surface area contributed by atoms with Crippen molar-refractivity contribution < 1.29 is 19.7 Å². The first-order valence-electron chi connectivity index (χ1n) is 3.51. The van der Waals surface area contributed by atoms with Crippen molar-refractivity contribution in [3.8, 4) is 23.0 Å². The summed E-state index contributed by atoms with van der Waals surface area (Å²) >= 11 is 0.